The summed E-state index contributed by atoms with van der Waals surface area (Å²) in [5.74, 6) is -0.372. The maximum absolute atomic E-state index is 10.8. The van der Waals surface area contributed by atoms with Crippen LogP contribution in [0.3, 0.4) is 0 Å². The first-order chi connectivity index (χ1) is 7.84. The minimum absolute atomic E-state index is 0.297. The van der Waals surface area contributed by atoms with Crippen LogP contribution in [0.1, 0.15) is 31.1 Å². The first-order valence-corrected chi connectivity index (χ1v) is 6.39. The van der Waals surface area contributed by atoms with Gasteiger partial charge in [0.1, 0.15) is 0 Å². The standard InChI is InChI=1S/C13H18BrNO2/c1-8(2)9(3)15(4)12-6-5-10(13(16)17)7-11(12)14/h5-9H,1-4H3,(H,16,17). The maximum atomic E-state index is 10.8. The molecule has 1 aromatic carbocycles. The molecule has 0 aliphatic heterocycles. The van der Waals surface area contributed by atoms with Gasteiger partial charge in [-0.1, -0.05) is 13.8 Å². The summed E-state index contributed by atoms with van der Waals surface area (Å²) < 4.78 is 0.812. The predicted octanol–water partition coefficient (Wildman–Crippen LogP) is 3.63. The third-order valence-electron chi connectivity index (χ3n) is 3.15. The van der Waals surface area contributed by atoms with E-state index in [4.69, 9.17) is 5.11 Å². The summed E-state index contributed by atoms with van der Waals surface area (Å²) in [6.45, 7) is 6.49. The Morgan fingerprint density at radius 2 is 1.94 bits per heavy atom. The normalized spacial score (nSPS) is 12.6. The molecule has 0 saturated carbocycles. The van der Waals surface area contributed by atoms with E-state index in [9.17, 15) is 4.79 Å². The van der Waals surface area contributed by atoms with Crippen molar-refractivity contribution in [2.75, 3.05) is 11.9 Å². The molecule has 0 aliphatic carbocycles. The van der Waals surface area contributed by atoms with Gasteiger partial charge in [0.25, 0.3) is 0 Å². The number of rotatable bonds is 4. The van der Waals surface area contributed by atoms with Crippen molar-refractivity contribution < 1.29 is 9.90 Å². The number of carboxylic acid groups (broad SMARTS) is 1. The van der Waals surface area contributed by atoms with Crippen LogP contribution in [-0.2, 0) is 0 Å². The van der Waals surface area contributed by atoms with E-state index in [1.165, 1.54) is 0 Å². The van der Waals surface area contributed by atoms with E-state index in [0.29, 0.717) is 17.5 Å². The van der Waals surface area contributed by atoms with Crippen LogP contribution in [0, 0.1) is 5.92 Å². The van der Waals surface area contributed by atoms with Crippen molar-refractivity contribution in [2.45, 2.75) is 26.8 Å². The summed E-state index contributed by atoms with van der Waals surface area (Å²) in [5, 5.41) is 8.90. The molecule has 0 bridgehead atoms. The molecule has 0 radical (unpaired) electrons. The number of anilines is 1. The Balaban J connectivity index is 3.03. The van der Waals surface area contributed by atoms with Gasteiger partial charge in [-0.3, -0.25) is 0 Å². The third-order valence-corrected chi connectivity index (χ3v) is 3.79. The van der Waals surface area contributed by atoms with Gasteiger partial charge < -0.3 is 10.0 Å². The zero-order valence-corrected chi connectivity index (χ0v) is 12.2. The van der Waals surface area contributed by atoms with E-state index in [0.717, 1.165) is 10.2 Å². The van der Waals surface area contributed by atoms with E-state index in [1.54, 1.807) is 12.1 Å². The van der Waals surface area contributed by atoms with Crippen molar-refractivity contribution in [2.24, 2.45) is 5.92 Å². The molecule has 94 valence electrons. The van der Waals surface area contributed by atoms with Gasteiger partial charge in [-0.2, -0.15) is 0 Å². The summed E-state index contributed by atoms with van der Waals surface area (Å²) >= 11 is 3.43. The lowest BCUT2D eigenvalue weighted by atomic mass is 10.0. The molecule has 3 nitrogen and oxygen atoms in total. The zero-order valence-electron chi connectivity index (χ0n) is 10.6. The van der Waals surface area contributed by atoms with Crippen LogP contribution in [0.25, 0.3) is 0 Å². The molecule has 0 aromatic heterocycles. The van der Waals surface area contributed by atoms with Crippen LogP contribution in [0.15, 0.2) is 22.7 Å². The molecule has 4 heteroatoms. The molecule has 0 fully saturated rings. The van der Waals surface area contributed by atoms with Gasteiger partial charge in [0.05, 0.1) is 11.3 Å². The van der Waals surface area contributed by atoms with E-state index in [-0.39, 0.29) is 0 Å². The average Bonchev–Trinajstić information content (AvgIpc) is 2.26. The average molecular weight is 300 g/mol. The Hall–Kier alpha value is -1.03. The number of aromatic carboxylic acids is 1. The molecule has 0 saturated heterocycles. The largest absolute Gasteiger partial charge is 0.478 e. The second kappa shape index (κ2) is 5.54. The fraction of sp³-hybridized carbons (Fsp3) is 0.462. The predicted molar refractivity (Wildman–Crippen MR) is 73.8 cm³/mol. The third kappa shape index (κ3) is 3.22. The number of hydrogen-bond acceptors (Lipinski definition) is 2. The molecule has 0 spiro atoms. The van der Waals surface area contributed by atoms with Crippen LogP contribution in [0.4, 0.5) is 5.69 Å². The van der Waals surface area contributed by atoms with Gasteiger partial charge >= 0.3 is 5.97 Å². The second-order valence-corrected chi connectivity index (χ2v) is 5.42. The topological polar surface area (TPSA) is 40.5 Å². The van der Waals surface area contributed by atoms with Crippen LogP contribution < -0.4 is 4.90 Å². The molecule has 0 aliphatic rings. The highest BCUT2D eigenvalue weighted by atomic mass is 79.9. The minimum atomic E-state index is -0.906. The lowest BCUT2D eigenvalue weighted by molar-refractivity contribution is 0.0697. The van der Waals surface area contributed by atoms with Crippen molar-refractivity contribution in [3.8, 4) is 0 Å². The van der Waals surface area contributed by atoms with Crippen molar-refractivity contribution in [1.82, 2.24) is 0 Å². The fourth-order valence-electron chi connectivity index (χ4n) is 1.59. The quantitative estimate of drug-likeness (QED) is 0.923. The molecule has 17 heavy (non-hydrogen) atoms. The number of halogens is 1. The van der Waals surface area contributed by atoms with E-state index in [2.05, 4.69) is 41.6 Å². The number of hydrogen-bond donors (Lipinski definition) is 1. The van der Waals surface area contributed by atoms with Crippen LogP contribution in [-0.4, -0.2) is 24.2 Å². The highest BCUT2D eigenvalue weighted by molar-refractivity contribution is 9.10. The van der Waals surface area contributed by atoms with E-state index < -0.39 is 5.97 Å². The number of carboxylic acids is 1. The molecular formula is C13H18BrNO2. The molecule has 0 amide bonds. The second-order valence-electron chi connectivity index (χ2n) is 4.57. The Kier molecular flexibility index (Phi) is 4.57. The highest BCUT2D eigenvalue weighted by Crippen LogP contribution is 2.29. The molecule has 1 atom stereocenters. The van der Waals surface area contributed by atoms with Crippen molar-refractivity contribution in [3.05, 3.63) is 28.2 Å². The first kappa shape index (κ1) is 14.0. The summed E-state index contributed by atoms with van der Waals surface area (Å²) in [4.78, 5) is 13.0. The molecule has 1 unspecified atom stereocenters. The van der Waals surface area contributed by atoms with Crippen molar-refractivity contribution >= 4 is 27.6 Å². The lowest BCUT2D eigenvalue weighted by Gasteiger charge is -2.30. The van der Waals surface area contributed by atoms with Crippen LogP contribution in [0.2, 0.25) is 0 Å². The maximum Gasteiger partial charge on any atom is 0.335 e. The Morgan fingerprint density at radius 1 is 1.35 bits per heavy atom. The van der Waals surface area contributed by atoms with Crippen molar-refractivity contribution in [1.29, 1.82) is 0 Å². The molecule has 1 aromatic rings. The Labute approximate surface area is 111 Å². The van der Waals surface area contributed by atoms with Crippen LogP contribution >= 0.6 is 15.9 Å². The minimum Gasteiger partial charge on any atom is -0.478 e. The molecular weight excluding hydrogens is 282 g/mol. The molecule has 1 rings (SSSR count). The summed E-state index contributed by atoms with van der Waals surface area (Å²) in [6.07, 6.45) is 0. The Bertz CT molecular complexity index is 418. The zero-order chi connectivity index (χ0) is 13.2. The van der Waals surface area contributed by atoms with Gasteiger partial charge in [-0.05, 0) is 47.0 Å². The van der Waals surface area contributed by atoms with Gasteiger partial charge in [-0.25, -0.2) is 4.79 Å². The van der Waals surface area contributed by atoms with E-state index >= 15 is 0 Å². The van der Waals surface area contributed by atoms with Gasteiger partial charge in [0.2, 0.25) is 0 Å². The monoisotopic (exact) mass is 299 g/mol. The Morgan fingerprint density at radius 3 is 2.35 bits per heavy atom. The first-order valence-electron chi connectivity index (χ1n) is 5.60. The number of nitrogens with zero attached hydrogens (tertiary/aromatic N) is 1. The summed E-state index contributed by atoms with van der Waals surface area (Å²) in [5.41, 5.74) is 1.31. The number of carbonyl (C=O) groups is 1. The van der Waals surface area contributed by atoms with Gasteiger partial charge in [-0.15, -0.1) is 0 Å². The van der Waals surface area contributed by atoms with Crippen molar-refractivity contribution in [3.63, 3.8) is 0 Å². The van der Waals surface area contributed by atoms with Crippen LogP contribution in [0.5, 0.6) is 0 Å². The highest BCUT2D eigenvalue weighted by Gasteiger charge is 2.16. The summed E-state index contributed by atoms with van der Waals surface area (Å²) in [6, 6.07) is 5.50. The fourth-order valence-corrected chi connectivity index (χ4v) is 2.25. The smallest absolute Gasteiger partial charge is 0.335 e. The van der Waals surface area contributed by atoms with Gasteiger partial charge in [0.15, 0.2) is 0 Å². The molecule has 0 heterocycles. The lowest BCUT2D eigenvalue weighted by Crippen LogP contribution is -2.33. The molecule has 1 N–H and O–H groups in total. The SMILES string of the molecule is CC(C)C(C)N(C)c1ccc(C(=O)O)cc1Br. The number of benzene rings is 1. The van der Waals surface area contributed by atoms with E-state index in [1.807, 2.05) is 13.1 Å². The summed E-state index contributed by atoms with van der Waals surface area (Å²) in [7, 11) is 2.02. The van der Waals surface area contributed by atoms with Gasteiger partial charge in [0, 0.05) is 17.6 Å².